The molecule has 262 valence electrons. The molecule has 11 aromatic rings. The monoisotopic (exact) mass is 720 g/mol. The number of aromatic nitrogens is 4. The lowest BCUT2D eigenvalue weighted by Crippen LogP contribution is -2.07. The van der Waals surface area contributed by atoms with E-state index >= 15 is 0 Å². The second-order valence-corrected chi connectivity index (χ2v) is 13.7. The van der Waals surface area contributed by atoms with Crippen LogP contribution >= 0.6 is 0 Å². The molecule has 0 N–H and O–H groups in total. The van der Waals surface area contributed by atoms with Gasteiger partial charge in [0.1, 0.15) is 11.2 Å². The molecule has 56 heavy (non-hydrogen) atoms. The number of hydrogen-bond acceptors (Lipinski definition) is 4. The summed E-state index contributed by atoms with van der Waals surface area (Å²) in [6.45, 7) is 0. The first-order valence-electron chi connectivity index (χ1n) is 20.4. The lowest BCUT2D eigenvalue weighted by molar-refractivity contribution is 0.669. The fraction of sp³-hybridized carbons (Fsp3) is 0. The van der Waals surface area contributed by atoms with Crippen LogP contribution in [0.25, 0.3) is 106 Å². The predicted octanol–water partition coefficient (Wildman–Crippen LogP) is 13.2. The van der Waals surface area contributed by atoms with Crippen LogP contribution in [0.4, 0.5) is 0 Å². The zero-order valence-electron chi connectivity index (χ0n) is 33.9. The molecule has 0 aliphatic carbocycles. The van der Waals surface area contributed by atoms with Crippen LogP contribution in [0, 0.1) is 0 Å². The molecule has 0 saturated heterocycles. The van der Waals surface area contributed by atoms with E-state index < -0.39 is 0 Å². The topological polar surface area (TPSA) is 56.7 Å². The number of rotatable bonds is 6. The Morgan fingerprint density at radius 2 is 1.00 bits per heavy atom. The highest BCUT2D eigenvalue weighted by molar-refractivity contribution is 6.13. The van der Waals surface area contributed by atoms with Crippen LogP contribution in [0.2, 0.25) is 0 Å². The first-order chi connectivity index (χ1) is 29.4. The number of nitrogens with zero attached hydrogens (tertiary/aromatic N) is 4. The van der Waals surface area contributed by atoms with E-state index in [1.807, 2.05) is 133 Å². The van der Waals surface area contributed by atoms with Crippen molar-refractivity contribution in [3.05, 3.63) is 194 Å². The van der Waals surface area contributed by atoms with E-state index in [1.54, 1.807) is 4.57 Å². The van der Waals surface area contributed by atoms with Gasteiger partial charge in [-0.15, -0.1) is 0 Å². The molecule has 5 heteroatoms. The third kappa shape index (κ3) is 5.37. The summed E-state index contributed by atoms with van der Waals surface area (Å²) in [6, 6.07) is 55.4. The first kappa shape index (κ1) is 27.9. The molecule has 0 atom stereocenters. The Bertz CT molecular complexity index is 3470. The van der Waals surface area contributed by atoms with Gasteiger partial charge >= 0.3 is 0 Å². The van der Waals surface area contributed by atoms with Crippen molar-refractivity contribution in [2.24, 2.45) is 0 Å². The minimum atomic E-state index is -0.342. The summed E-state index contributed by atoms with van der Waals surface area (Å²) in [4.78, 5) is 15.4. The molecule has 0 saturated carbocycles. The molecule has 3 heterocycles. The van der Waals surface area contributed by atoms with E-state index in [0.29, 0.717) is 39.1 Å². The average molecular weight is 721 g/mol. The lowest BCUT2D eigenvalue weighted by Gasteiger charge is -2.14. The van der Waals surface area contributed by atoms with Crippen molar-refractivity contribution in [1.29, 1.82) is 0 Å². The van der Waals surface area contributed by atoms with Crippen LogP contribution in [0.1, 0.15) is 5.48 Å². The maximum absolute atomic E-state index is 9.36. The van der Waals surface area contributed by atoms with Crippen molar-refractivity contribution >= 4 is 43.7 Å². The fourth-order valence-corrected chi connectivity index (χ4v) is 7.73. The summed E-state index contributed by atoms with van der Waals surface area (Å²) in [5, 5.41) is 3.02. The third-order valence-electron chi connectivity index (χ3n) is 10.4. The highest BCUT2D eigenvalue weighted by Crippen LogP contribution is 2.39. The molecule has 0 aliphatic heterocycles. The maximum Gasteiger partial charge on any atom is 0.238 e. The molecule has 0 unspecified atom stereocenters. The van der Waals surface area contributed by atoms with Gasteiger partial charge in [0.15, 0.2) is 11.6 Å². The van der Waals surface area contributed by atoms with E-state index in [0.717, 1.165) is 55.3 Å². The van der Waals surface area contributed by atoms with Gasteiger partial charge in [0.25, 0.3) is 0 Å². The first-order valence-corrected chi connectivity index (χ1v) is 18.4. The number of benzene rings is 8. The second kappa shape index (κ2) is 13.0. The van der Waals surface area contributed by atoms with Crippen molar-refractivity contribution in [2.45, 2.75) is 0 Å². The lowest BCUT2D eigenvalue weighted by atomic mass is 9.97. The predicted molar refractivity (Wildman–Crippen MR) is 229 cm³/mol. The molecular formula is C51H32N4O. The van der Waals surface area contributed by atoms with Gasteiger partial charge in [0.05, 0.1) is 16.5 Å². The van der Waals surface area contributed by atoms with E-state index in [4.69, 9.17) is 22.1 Å². The Morgan fingerprint density at radius 3 is 1.82 bits per heavy atom. The van der Waals surface area contributed by atoms with E-state index in [9.17, 15) is 2.74 Å². The minimum Gasteiger partial charge on any atom is -0.456 e. The quantitative estimate of drug-likeness (QED) is 0.172. The fourth-order valence-electron chi connectivity index (χ4n) is 7.73. The van der Waals surface area contributed by atoms with Crippen LogP contribution in [0.15, 0.2) is 198 Å². The summed E-state index contributed by atoms with van der Waals surface area (Å²) in [7, 11) is 0. The van der Waals surface area contributed by atoms with Crippen LogP contribution in [-0.2, 0) is 0 Å². The summed E-state index contributed by atoms with van der Waals surface area (Å²) < 4.78 is 44.2. The molecule has 0 bridgehead atoms. The Kier molecular flexibility index (Phi) is 6.50. The maximum atomic E-state index is 9.36. The Balaban J connectivity index is 1.20. The van der Waals surface area contributed by atoms with Gasteiger partial charge < -0.3 is 4.42 Å². The zero-order chi connectivity index (χ0) is 40.5. The van der Waals surface area contributed by atoms with Gasteiger partial charge in [-0.3, -0.25) is 4.57 Å². The van der Waals surface area contributed by atoms with Crippen molar-refractivity contribution < 1.29 is 9.90 Å². The van der Waals surface area contributed by atoms with Crippen LogP contribution in [0.5, 0.6) is 0 Å². The molecule has 0 fully saturated rings. The molecule has 3 aromatic heterocycles. The van der Waals surface area contributed by atoms with Crippen molar-refractivity contribution in [1.82, 2.24) is 19.5 Å². The third-order valence-corrected chi connectivity index (χ3v) is 10.4. The highest BCUT2D eigenvalue weighted by atomic mass is 16.3. The van der Waals surface area contributed by atoms with Gasteiger partial charge in [-0.05, 0) is 58.1 Å². The molecule has 11 rings (SSSR count). The van der Waals surface area contributed by atoms with Gasteiger partial charge in [-0.2, -0.15) is 9.97 Å². The molecule has 0 aliphatic rings. The Morgan fingerprint density at radius 1 is 0.411 bits per heavy atom. The highest BCUT2D eigenvalue weighted by Gasteiger charge is 2.21. The largest absolute Gasteiger partial charge is 0.456 e. The van der Waals surface area contributed by atoms with Gasteiger partial charge in [0.2, 0.25) is 5.95 Å². The Labute approximate surface area is 328 Å². The number of hydrogen-bond donors (Lipinski definition) is 0. The van der Waals surface area contributed by atoms with Gasteiger partial charge in [-0.1, -0.05) is 164 Å². The number of fused-ring (bicyclic) bond motifs is 6. The van der Waals surface area contributed by atoms with Crippen molar-refractivity contribution in [3.8, 4) is 62.1 Å². The molecule has 0 radical (unpaired) electrons. The van der Waals surface area contributed by atoms with Crippen molar-refractivity contribution in [3.63, 3.8) is 0 Å². The summed E-state index contributed by atoms with van der Waals surface area (Å²) in [5.41, 5.74) is 9.81. The zero-order valence-corrected chi connectivity index (χ0v) is 29.9. The van der Waals surface area contributed by atoms with Crippen LogP contribution in [0.3, 0.4) is 0 Å². The van der Waals surface area contributed by atoms with E-state index in [2.05, 4.69) is 36.4 Å². The second-order valence-electron chi connectivity index (χ2n) is 13.7. The van der Waals surface area contributed by atoms with Crippen LogP contribution < -0.4 is 0 Å². The van der Waals surface area contributed by atoms with E-state index in [-0.39, 0.29) is 35.6 Å². The van der Waals surface area contributed by atoms with Crippen LogP contribution in [-0.4, -0.2) is 19.5 Å². The van der Waals surface area contributed by atoms with Crippen molar-refractivity contribution in [2.75, 3.05) is 0 Å². The van der Waals surface area contributed by atoms with E-state index in [1.165, 1.54) is 0 Å². The Hall–Kier alpha value is -7.63. The SMILES string of the molecule is [2H]c1c([2H])c([2H])c2c(c1[2H])c1cccc(-c3cccc(-c4ccccc4)c3)c1n2-c1nc(-c2ccc(-c3ccccc3)cc2)nc(-c2ccc3c(c2)oc2ccccc23)n1. The molecular weight excluding hydrogens is 685 g/mol. The standard InChI is InChI=1S/C51H32N4O/c1-3-13-33(14-4-1)35-25-27-36(28-26-35)49-52-50(39-29-30-43-42-20-8-10-24-46(42)56-47(43)32-39)54-51(53-49)55-45-23-9-7-19-41(45)44-22-12-21-40(48(44)55)38-18-11-17-37(31-38)34-15-5-2-6-16-34/h1-32H/i7D,9D,19D,23D. The normalized spacial score (nSPS) is 12.6. The summed E-state index contributed by atoms with van der Waals surface area (Å²) >= 11 is 0. The molecule has 0 amide bonds. The van der Waals surface area contributed by atoms with Gasteiger partial charge in [0, 0.05) is 38.2 Å². The summed E-state index contributed by atoms with van der Waals surface area (Å²) in [6.07, 6.45) is 0. The minimum absolute atomic E-state index is 0.133. The summed E-state index contributed by atoms with van der Waals surface area (Å²) in [5.74, 6) is 0.992. The molecule has 0 spiro atoms. The smallest absolute Gasteiger partial charge is 0.238 e. The number of furan rings is 1. The average Bonchev–Trinajstić information content (AvgIpc) is 3.87. The molecule has 5 nitrogen and oxygen atoms in total. The number of para-hydroxylation sites is 3. The van der Waals surface area contributed by atoms with Gasteiger partial charge in [-0.25, -0.2) is 4.98 Å². The molecule has 8 aromatic carbocycles.